The highest BCUT2D eigenvalue weighted by Crippen LogP contribution is 2.37. The van der Waals surface area contributed by atoms with Gasteiger partial charge in [-0.05, 0) is 36.3 Å². The highest BCUT2D eigenvalue weighted by molar-refractivity contribution is 5.27. The van der Waals surface area contributed by atoms with Crippen LogP contribution in [0.25, 0.3) is 0 Å². The first-order valence-electron chi connectivity index (χ1n) is 6.05. The third-order valence-corrected chi connectivity index (χ3v) is 3.58. The highest BCUT2D eigenvalue weighted by atomic mass is 19.1. The van der Waals surface area contributed by atoms with Gasteiger partial charge in [0.05, 0.1) is 0 Å². The van der Waals surface area contributed by atoms with Crippen molar-refractivity contribution in [1.29, 1.82) is 0 Å². The van der Waals surface area contributed by atoms with Crippen LogP contribution in [0.4, 0.5) is 8.78 Å². The molecule has 0 N–H and O–H groups in total. The number of benzene rings is 1. The SMILES string of the molecule is CCCC(CC)(CC)c1ccc(F)cc1F. The molecule has 0 fully saturated rings. The molecule has 0 aromatic heterocycles. The van der Waals surface area contributed by atoms with E-state index in [4.69, 9.17) is 0 Å². The summed E-state index contributed by atoms with van der Waals surface area (Å²) in [5, 5.41) is 0. The molecule has 0 unspecified atom stereocenters. The van der Waals surface area contributed by atoms with E-state index in [1.165, 1.54) is 6.07 Å². The molecule has 0 nitrogen and oxygen atoms in total. The molecule has 0 aliphatic heterocycles. The first kappa shape index (κ1) is 13.1. The number of hydrogen-bond acceptors (Lipinski definition) is 0. The monoisotopic (exact) mass is 226 g/mol. The zero-order valence-electron chi connectivity index (χ0n) is 10.3. The summed E-state index contributed by atoms with van der Waals surface area (Å²) >= 11 is 0. The molecule has 0 spiro atoms. The van der Waals surface area contributed by atoms with Crippen LogP contribution in [0.15, 0.2) is 18.2 Å². The Morgan fingerprint density at radius 3 is 2.12 bits per heavy atom. The fourth-order valence-electron chi connectivity index (χ4n) is 2.52. The van der Waals surface area contributed by atoms with Crippen LogP contribution >= 0.6 is 0 Å². The Morgan fingerprint density at radius 2 is 1.69 bits per heavy atom. The molecular formula is C14H20F2. The van der Waals surface area contributed by atoms with E-state index in [1.807, 2.05) is 0 Å². The molecular weight excluding hydrogens is 206 g/mol. The van der Waals surface area contributed by atoms with Crippen LogP contribution in [0.1, 0.15) is 52.0 Å². The summed E-state index contributed by atoms with van der Waals surface area (Å²) in [6.07, 6.45) is 3.74. The van der Waals surface area contributed by atoms with Crippen molar-refractivity contribution in [3.05, 3.63) is 35.4 Å². The lowest BCUT2D eigenvalue weighted by Crippen LogP contribution is -2.25. The first-order chi connectivity index (χ1) is 7.59. The molecule has 1 aromatic rings. The molecule has 0 amide bonds. The zero-order valence-corrected chi connectivity index (χ0v) is 10.3. The summed E-state index contributed by atoms with van der Waals surface area (Å²) in [5.74, 6) is -0.906. The van der Waals surface area contributed by atoms with Gasteiger partial charge in [-0.15, -0.1) is 0 Å². The van der Waals surface area contributed by atoms with Crippen LogP contribution in [-0.4, -0.2) is 0 Å². The minimum atomic E-state index is -0.501. The third kappa shape index (κ3) is 2.42. The lowest BCUT2D eigenvalue weighted by molar-refractivity contribution is 0.345. The van der Waals surface area contributed by atoms with E-state index in [0.29, 0.717) is 5.56 Å². The molecule has 2 heteroatoms. The molecule has 1 rings (SSSR count). The summed E-state index contributed by atoms with van der Waals surface area (Å²) in [6, 6.07) is 3.95. The Kier molecular flexibility index (Phi) is 4.45. The molecule has 0 aliphatic rings. The van der Waals surface area contributed by atoms with Gasteiger partial charge in [0.15, 0.2) is 0 Å². The average Bonchev–Trinajstić information content (AvgIpc) is 2.27. The predicted molar refractivity (Wildman–Crippen MR) is 63.5 cm³/mol. The summed E-state index contributed by atoms with van der Waals surface area (Å²) < 4.78 is 26.7. The van der Waals surface area contributed by atoms with Gasteiger partial charge in [-0.25, -0.2) is 8.78 Å². The van der Waals surface area contributed by atoms with Gasteiger partial charge in [0, 0.05) is 6.07 Å². The zero-order chi connectivity index (χ0) is 12.2. The van der Waals surface area contributed by atoms with Gasteiger partial charge >= 0.3 is 0 Å². The number of hydrogen-bond donors (Lipinski definition) is 0. The van der Waals surface area contributed by atoms with Crippen molar-refractivity contribution in [3.8, 4) is 0 Å². The van der Waals surface area contributed by atoms with Crippen LogP contribution in [0.2, 0.25) is 0 Å². The minimum Gasteiger partial charge on any atom is -0.207 e. The second-order valence-corrected chi connectivity index (χ2v) is 4.36. The first-order valence-corrected chi connectivity index (χ1v) is 6.05. The fourth-order valence-corrected chi connectivity index (χ4v) is 2.52. The summed E-state index contributed by atoms with van der Waals surface area (Å²) in [6.45, 7) is 6.24. The van der Waals surface area contributed by atoms with Crippen LogP contribution in [0, 0.1) is 11.6 Å². The smallest absolute Gasteiger partial charge is 0.129 e. The molecule has 1 aromatic carbocycles. The van der Waals surface area contributed by atoms with E-state index in [2.05, 4.69) is 20.8 Å². The van der Waals surface area contributed by atoms with Crippen molar-refractivity contribution in [2.24, 2.45) is 0 Å². The molecule has 0 atom stereocenters. The fraction of sp³-hybridized carbons (Fsp3) is 0.571. The van der Waals surface area contributed by atoms with Crippen LogP contribution in [-0.2, 0) is 5.41 Å². The maximum absolute atomic E-state index is 13.8. The minimum absolute atomic E-state index is 0.132. The van der Waals surface area contributed by atoms with Gasteiger partial charge in [0.1, 0.15) is 11.6 Å². The lowest BCUT2D eigenvalue weighted by atomic mass is 9.72. The summed E-state index contributed by atoms with van der Waals surface area (Å²) in [7, 11) is 0. The van der Waals surface area contributed by atoms with Gasteiger partial charge < -0.3 is 0 Å². The Bertz CT molecular complexity index is 341. The second-order valence-electron chi connectivity index (χ2n) is 4.36. The molecule has 0 saturated heterocycles. The van der Waals surface area contributed by atoms with Crippen molar-refractivity contribution in [1.82, 2.24) is 0 Å². The van der Waals surface area contributed by atoms with E-state index in [0.717, 1.165) is 31.7 Å². The van der Waals surface area contributed by atoms with Crippen molar-refractivity contribution in [2.75, 3.05) is 0 Å². The van der Waals surface area contributed by atoms with E-state index in [1.54, 1.807) is 6.07 Å². The quantitative estimate of drug-likeness (QED) is 0.675. The average molecular weight is 226 g/mol. The van der Waals surface area contributed by atoms with Gasteiger partial charge in [-0.2, -0.15) is 0 Å². The van der Waals surface area contributed by atoms with Crippen molar-refractivity contribution < 1.29 is 8.78 Å². The lowest BCUT2D eigenvalue weighted by Gasteiger charge is -2.32. The highest BCUT2D eigenvalue weighted by Gasteiger charge is 2.30. The topological polar surface area (TPSA) is 0 Å². The van der Waals surface area contributed by atoms with Crippen LogP contribution < -0.4 is 0 Å². The Morgan fingerprint density at radius 1 is 1.06 bits per heavy atom. The van der Waals surface area contributed by atoms with E-state index in [-0.39, 0.29) is 5.41 Å². The molecule has 0 radical (unpaired) electrons. The van der Waals surface area contributed by atoms with E-state index >= 15 is 0 Å². The number of rotatable bonds is 5. The molecule has 0 bridgehead atoms. The van der Waals surface area contributed by atoms with E-state index in [9.17, 15) is 8.78 Å². The third-order valence-electron chi connectivity index (χ3n) is 3.58. The standard InChI is InChI=1S/C14H20F2/c1-4-9-14(5-2,6-3)12-8-7-11(15)10-13(12)16/h7-8,10H,4-6,9H2,1-3H3. The molecule has 16 heavy (non-hydrogen) atoms. The van der Waals surface area contributed by atoms with E-state index < -0.39 is 11.6 Å². The molecule has 0 heterocycles. The maximum Gasteiger partial charge on any atom is 0.129 e. The van der Waals surface area contributed by atoms with Crippen LogP contribution in [0.5, 0.6) is 0 Å². The normalized spacial score (nSPS) is 11.8. The predicted octanol–water partition coefficient (Wildman–Crippen LogP) is 4.82. The van der Waals surface area contributed by atoms with Crippen molar-refractivity contribution in [3.63, 3.8) is 0 Å². The second kappa shape index (κ2) is 5.42. The van der Waals surface area contributed by atoms with Crippen molar-refractivity contribution in [2.45, 2.75) is 51.9 Å². The Hall–Kier alpha value is -0.920. The summed E-state index contributed by atoms with van der Waals surface area (Å²) in [4.78, 5) is 0. The van der Waals surface area contributed by atoms with Gasteiger partial charge in [-0.3, -0.25) is 0 Å². The summed E-state index contributed by atoms with van der Waals surface area (Å²) in [5.41, 5.74) is 0.535. The van der Waals surface area contributed by atoms with Crippen LogP contribution in [0.3, 0.4) is 0 Å². The maximum atomic E-state index is 13.8. The Labute approximate surface area is 96.7 Å². The molecule has 0 aliphatic carbocycles. The van der Waals surface area contributed by atoms with Crippen molar-refractivity contribution >= 4 is 0 Å². The largest absolute Gasteiger partial charge is 0.207 e. The Balaban J connectivity index is 3.19. The molecule has 90 valence electrons. The van der Waals surface area contributed by atoms with Gasteiger partial charge in [-0.1, -0.05) is 33.3 Å². The molecule has 0 saturated carbocycles. The van der Waals surface area contributed by atoms with Gasteiger partial charge in [0.25, 0.3) is 0 Å². The van der Waals surface area contributed by atoms with Gasteiger partial charge in [0.2, 0.25) is 0 Å². The number of halogens is 2.